The van der Waals surface area contributed by atoms with Gasteiger partial charge in [0.25, 0.3) is 8.38 Å². The fraction of sp³-hybridized carbons (Fsp3) is 0.0952. The van der Waals surface area contributed by atoms with Crippen LogP contribution in [0.3, 0.4) is 0 Å². The van der Waals surface area contributed by atoms with Crippen LogP contribution in [0.5, 0.6) is 11.5 Å². The van der Waals surface area contributed by atoms with Crippen LogP contribution in [0.25, 0.3) is 0 Å². The first-order chi connectivity index (χ1) is 12.8. The minimum Gasteiger partial charge on any atom is -0.439 e. The van der Waals surface area contributed by atoms with Gasteiger partial charge in [0.05, 0.1) is 18.1 Å². The largest absolute Gasteiger partial charge is 0.439 e. The van der Waals surface area contributed by atoms with Gasteiger partial charge in [-0.1, -0.05) is 54.6 Å². The second-order valence-corrected chi connectivity index (χ2v) is 6.92. The third-order valence-electron chi connectivity index (χ3n) is 3.67. The molecule has 0 bridgehead atoms. The Hall–Kier alpha value is -2.89. The molecule has 0 aliphatic carbocycles. The van der Waals surface area contributed by atoms with Crippen molar-refractivity contribution < 1.29 is 13.4 Å². The number of rotatable bonds is 7. The fourth-order valence-electron chi connectivity index (χ4n) is 2.41. The monoisotopic (exact) mass is 365 g/mol. The maximum absolute atomic E-state index is 14.1. The Balaban J connectivity index is 1.82. The average Bonchev–Trinajstić information content (AvgIpc) is 2.68. The molecule has 0 aliphatic heterocycles. The number of para-hydroxylation sites is 2. The molecule has 1 unspecified atom stereocenters. The van der Waals surface area contributed by atoms with Crippen LogP contribution < -0.4 is 9.05 Å². The Morgan fingerprint density at radius 1 is 0.808 bits per heavy atom. The number of hydrogen-bond donors (Lipinski definition) is 0. The van der Waals surface area contributed by atoms with Crippen molar-refractivity contribution >= 4 is 8.38 Å². The van der Waals surface area contributed by atoms with E-state index in [0.29, 0.717) is 17.1 Å². The topological polar surface area (TPSA) is 42.2 Å². The number of benzene rings is 3. The SMILES string of the molecule is N#CC(CP(Oc1ccccc1)Oc1ccccc1)c1ccccc1F. The summed E-state index contributed by atoms with van der Waals surface area (Å²) in [6.45, 7) is 0. The first-order valence-corrected chi connectivity index (χ1v) is 9.50. The highest BCUT2D eigenvalue weighted by Gasteiger charge is 2.25. The standard InChI is InChI=1S/C21H17FNO2P/c22-21-14-8-7-13-20(21)17(15-23)16-26(24-18-9-3-1-4-10-18)25-19-11-5-2-6-12-19/h1-14,17H,16H2. The quantitative estimate of drug-likeness (QED) is 0.489. The Kier molecular flexibility index (Phi) is 6.19. The third kappa shape index (κ3) is 4.81. The van der Waals surface area contributed by atoms with Crippen LogP contribution in [-0.2, 0) is 0 Å². The molecule has 130 valence electrons. The lowest BCUT2D eigenvalue weighted by Gasteiger charge is -2.21. The average molecular weight is 365 g/mol. The van der Waals surface area contributed by atoms with Gasteiger partial charge in [-0.15, -0.1) is 0 Å². The highest BCUT2D eigenvalue weighted by molar-refractivity contribution is 7.48. The summed E-state index contributed by atoms with van der Waals surface area (Å²) in [5.74, 6) is 0.252. The smallest absolute Gasteiger partial charge is 0.292 e. The number of halogens is 1. The van der Waals surface area contributed by atoms with Crippen molar-refractivity contribution in [2.45, 2.75) is 5.92 Å². The van der Waals surface area contributed by atoms with Gasteiger partial charge < -0.3 is 9.05 Å². The fourth-order valence-corrected chi connectivity index (χ4v) is 3.88. The number of nitrogens with zero attached hydrogens (tertiary/aromatic N) is 1. The van der Waals surface area contributed by atoms with Crippen molar-refractivity contribution in [1.29, 1.82) is 5.26 Å². The summed E-state index contributed by atoms with van der Waals surface area (Å²) in [4.78, 5) is 0. The zero-order valence-corrected chi connectivity index (χ0v) is 14.9. The van der Waals surface area contributed by atoms with Gasteiger partial charge in [0, 0.05) is 5.56 Å². The molecule has 3 aromatic rings. The van der Waals surface area contributed by atoms with Crippen LogP contribution in [0.15, 0.2) is 84.9 Å². The van der Waals surface area contributed by atoms with E-state index in [0.717, 1.165) is 0 Å². The van der Waals surface area contributed by atoms with Gasteiger partial charge >= 0.3 is 0 Å². The van der Waals surface area contributed by atoms with E-state index >= 15 is 0 Å². The van der Waals surface area contributed by atoms with Crippen molar-refractivity contribution in [2.24, 2.45) is 0 Å². The van der Waals surface area contributed by atoms with Crippen LogP contribution in [-0.4, -0.2) is 6.16 Å². The second-order valence-electron chi connectivity index (χ2n) is 5.53. The van der Waals surface area contributed by atoms with E-state index in [4.69, 9.17) is 9.05 Å². The molecule has 0 spiro atoms. The first-order valence-electron chi connectivity index (χ1n) is 8.14. The maximum Gasteiger partial charge on any atom is 0.292 e. The molecule has 0 radical (unpaired) electrons. The lowest BCUT2D eigenvalue weighted by Crippen LogP contribution is -2.09. The molecule has 3 rings (SSSR count). The molecule has 0 N–H and O–H groups in total. The minimum atomic E-state index is -1.48. The van der Waals surface area contributed by atoms with Gasteiger partial charge in [0.2, 0.25) is 0 Å². The molecule has 1 atom stereocenters. The lowest BCUT2D eigenvalue weighted by atomic mass is 10.0. The van der Waals surface area contributed by atoms with Crippen LogP contribution in [0.2, 0.25) is 0 Å². The van der Waals surface area contributed by atoms with Gasteiger partial charge in [0.15, 0.2) is 0 Å². The summed E-state index contributed by atoms with van der Waals surface area (Å²) in [5.41, 5.74) is 0.357. The van der Waals surface area contributed by atoms with E-state index in [1.807, 2.05) is 60.7 Å². The predicted molar refractivity (Wildman–Crippen MR) is 101 cm³/mol. The third-order valence-corrected chi connectivity index (χ3v) is 5.16. The van der Waals surface area contributed by atoms with E-state index < -0.39 is 20.1 Å². The zero-order valence-electron chi connectivity index (χ0n) is 14.0. The van der Waals surface area contributed by atoms with E-state index in [9.17, 15) is 9.65 Å². The van der Waals surface area contributed by atoms with Gasteiger partial charge in [0.1, 0.15) is 17.3 Å². The molecule has 3 nitrogen and oxygen atoms in total. The predicted octanol–water partition coefficient (Wildman–Crippen LogP) is 5.90. The molecular formula is C21H17FNO2P. The Morgan fingerprint density at radius 2 is 1.31 bits per heavy atom. The molecule has 3 aromatic carbocycles. The van der Waals surface area contributed by atoms with Crippen molar-refractivity contribution in [1.82, 2.24) is 0 Å². The summed E-state index contributed by atoms with van der Waals surface area (Å²) in [5, 5.41) is 9.57. The van der Waals surface area contributed by atoms with Crippen LogP contribution in [0.4, 0.5) is 4.39 Å². The summed E-state index contributed by atoms with van der Waals surface area (Å²) in [7, 11) is -1.48. The molecule has 0 saturated heterocycles. The minimum absolute atomic E-state index is 0.260. The number of nitriles is 1. The molecule has 0 saturated carbocycles. The molecule has 0 heterocycles. The van der Waals surface area contributed by atoms with Gasteiger partial charge in [-0.3, -0.25) is 0 Å². The maximum atomic E-state index is 14.1. The Morgan fingerprint density at radius 3 is 1.81 bits per heavy atom. The van der Waals surface area contributed by atoms with Crippen LogP contribution in [0, 0.1) is 17.1 Å². The molecule has 0 aromatic heterocycles. The van der Waals surface area contributed by atoms with Crippen molar-refractivity contribution in [3.05, 3.63) is 96.3 Å². The van der Waals surface area contributed by atoms with Crippen LogP contribution >= 0.6 is 8.38 Å². The van der Waals surface area contributed by atoms with Crippen molar-refractivity contribution in [2.75, 3.05) is 6.16 Å². The summed E-state index contributed by atoms with van der Waals surface area (Å²) in [6, 6.07) is 27.1. The van der Waals surface area contributed by atoms with Gasteiger partial charge in [-0.25, -0.2) is 4.39 Å². The Bertz CT molecular complexity index is 826. The number of hydrogen-bond acceptors (Lipinski definition) is 3. The van der Waals surface area contributed by atoms with Crippen molar-refractivity contribution in [3.8, 4) is 17.6 Å². The molecular weight excluding hydrogens is 348 g/mol. The van der Waals surface area contributed by atoms with Crippen molar-refractivity contribution in [3.63, 3.8) is 0 Å². The molecule has 0 fully saturated rings. The van der Waals surface area contributed by atoms with Gasteiger partial charge in [-0.05, 0) is 30.3 Å². The van der Waals surface area contributed by atoms with Crippen LogP contribution in [0.1, 0.15) is 11.5 Å². The highest BCUT2D eigenvalue weighted by Crippen LogP contribution is 2.44. The highest BCUT2D eigenvalue weighted by atomic mass is 31.2. The first kappa shape index (κ1) is 17.9. The lowest BCUT2D eigenvalue weighted by molar-refractivity contribution is 0.486. The summed E-state index contributed by atoms with van der Waals surface area (Å²) in [6.07, 6.45) is 0.260. The molecule has 0 aliphatic rings. The van der Waals surface area contributed by atoms with E-state index in [1.165, 1.54) is 6.07 Å². The van der Waals surface area contributed by atoms with E-state index in [-0.39, 0.29) is 6.16 Å². The molecule has 0 amide bonds. The van der Waals surface area contributed by atoms with Gasteiger partial charge in [-0.2, -0.15) is 5.26 Å². The van der Waals surface area contributed by atoms with E-state index in [2.05, 4.69) is 6.07 Å². The Labute approximate surface area is 153 Å². The molecule has 26 heavy (non-hydrogen) atoms. The normalized spacial score (nSPS) is 11.6. The second kappa shape index (κ2) is 8.99. The van der Waals surface area contributed by atoms with E-state index in [1.54, 1.807) is 18.2 Å². The molecule has 5 heteroatoms. The zero-order chi connectivity index (χ0) is 18.2. The summed E-state index contributed by atoms with van der Waals surface area (Å²) < 4.78 is 26.1. The summed E-state index contributed by atoms with van der Waals surface area (Å²) >= 11 is 0.